The van der Waals surface area contributed by atoms with E-state index in [4.69, 9.17) is 0 Å². The van der Waals surface area contributed by atoms with Crippen molar-refractivity contribution in [2.45, 2.75) is 20.8 Å². The van der Waals surface area contributed by atoms with Crippen LogP contribution in [0.25, 0.3) is 12.2 Å². The number of nitrogens with zero attached hydrogens (tertiary/aromatic N) is 2. The van der Waals surface area contributed by atoms with Gasteiger partial charge in [-0.1, -0.05) is 18.2 Å². The summed E-state index contributed by atoms with van der Waals surface area (Å²) in [5, 5.41) is 0. The molecule has 3 heteroatoms. The van der Waals surface area contributed by atoms with Crippen molar-refractivity contribution in [2.75, 3.05) is 0 Å². The molecule has 0 aliphatic carbocycles. The fourth-order valence-corrected chi connectivity index (χ4v) is 1.64. The molecule has 0 amide bonds. The summed E-state index contributed by atoms with van der Waals surface area (Å²) < 4.78 is 12.8. The summed E-state index contributed by atoms with van der Waals surface area (Å²) in [5.74, 6) is -0.227. The van der Waals surface area contributed by atoms with E-state index < -0.39 is 0 Å². The summed E-state index contributed by atoms with van der Waals surface area (Å²) in [7, 11) is 0. The summed E-state index contributed by atoms with van der Waals surface area (Å²) in [6.07, 6.45) is 3.81. The van der Waals surface area contributed by atoms with Crippen LogP contribution in [0, 0.1) is 26.6 Å². The molecule has 1 aromatic heterocycles. The average molecular weight is 242 g/mol. The fourth-order valence-electron chi connectivity index (χ4n) is 1.64. The number of aryl methyl sites for hydroxylation is 3. The van der Waals surface area contributed by atoms with Gasteiger partial charge >= 0.3 is 0 Å². The van der Waals surface area contributed by atoms with Gasteiger partial charge in [0.05, 0.1) is 22.8 Å². The molecule has 0 unspecified atom stereocenters. The Morgan fingerprint density at radius 3 is 2.11 bits per heavy atom. The summed E-state index contributed by atoms with van der Waals surface area (Å²) in [5.41, 5.74) is 4.57. The predicted octanol–water partition coefficient (Wildman–Crippen LogP) is 3.71. The van der Waals surface area contributed by atoms with Crippen LogP contribution in [0.2, 0.25) is 0 Å². The third-order valence-corrected chi connectivity index (χ3v) is 2.82. The van der Waals surface area contributed by atoms with Crippen LogP contribution in [0.3, 0.4) is 0 Å². The maximum Gasteiger partial charge on any atom is 0.123 e. The van der Waals surface area contributed by atoms with Crippen LogP contribution >= 0.6 is 0 Å². The third-order valence-electron chi connectivity index (χ3n) is 2.82. The highest BCUT2D eigenvalue weighted by Crippen LogP contribution is 2.12. The van der Waals surface area contributed by atoms with E-state index in [2.05, 4.69) is 9.97 Å². The van der Waals surface area contributed by atoms with E-state index in [1.807, 2.05) is 32.9 Å². The van der Waals surface area contributed by atoms with Crippen molar-refractivity contribution < 1.29 is 4.39 Å². The van der Waals surface area contributed by atoms with Crippen LogP contribution in [0.4, 0.5) is 4.39 Å². The lowest BCUT2D eigenvalue weighted by atomic mass is 10.2. The van der Waals surface area contributed by atoms with E-state index >= 15 is 0 Å². The van der Waals surface area contributed by atoms with Crippen LogP contribution in [-0.2, 0) is 0 Å². The Kier molecular flexibility index (Phi) is 3.51. The van der Waals surface area contributed by atoms with Gasteiger partial charge in [0.25, 0.3) is 0 Å². The van der Waals surface area contributed by atoms with Crippen LogP contribution in [-0.4, -0.2) is 9.97 Å². The lowest BCUT2D eigenvalue weighted by Gasteiger charge is -2.03. The molecule has 92 valence electrons. The van der Waals surface area contributed by atoms with Crippen molar-refractivity contribution >= 4 is 12.2 Å². The molecule has 0 bridgehead atoms. The molecule has 0 N–H and O–H groups in total. The Morgan fingerprint density at radius 2 is 1.44 bits per heavy atom. The first-order valence-corrected chi connectivity index (χ1v) is 5.82. The van der Waals surface area contributed by atoms with Gasteiger partial charge in [0, 0.05) is 0 Å². The summed E-state index contributed by atoms with van der Waals surface area (Å²) in [6.45, 7) is 5.82. The first-order chi connectivity index (χ1) is 8.56. The van der Waals surface area contributed by atoms with Gasteiger partial charge in [-0.3, -0.25) is 4.98 Å². The minimum Gasteiger partial charge on any atom is -0.254 e. The molecule has 0 aliphatic heterocycles. The largest absolute Gasteiger partial charge is 0.254 e. The molecule has 0 saturated heterocycles. The smallest absolute Gasteiger partial charge is 0.123 e. The molecular formula is C15H15FN2. The summed E-state index contributed by atoms with van der Waals surface area (Å²) in [4.78, 5) is 8.91. The molecule has 1 aromatic carbocycles. The van der Waals surface area contributed by atoms with Crippen molar-refractivity contribution in [2.24, 2.45) is 0 Å². The van der Waals surface area contributed by atoms with E-state index in [0.29, 0.717) is 0 Å². The van der Waals surface area contributed by atoms with E-state index in [-0.39, 0.29) is 5.82 Å². The average Bonchev–Trinajstić information content (AvgIpc) is 2.34. The van der Waals surface area contributed by atoms with E-state index in [0.717, 1.165) is 28.3 Å². The van der Waals surface area contributed by atoms with Gasteiger partial charge in [-0.25, -0.2) is 9.37 Å². The monoisotopic (exact) mass is 242 g/mol. The molecular weight excluding hydrogens is 227 g/mol. The maximum atomic E-state index is 12.8. The lowest BCUT2D eigenvalue weighted by Crippen LogP contribution is -1.98. The number of aromatic nitrogens is 2. The SMILES string of the molecule is Cc1nc(C)c(/C=C/c2ccc(F)cc2)nc1C. The van der Waals surface area contributed by atoms with Crippen molar-refractivity contribution in [3.8, 4) is 0 Å². The highest BCUT2D eigenvalue weighted by Gasteiger charge is 2.01. The zero-order valence-electron chi connectivity index (χ0n) is 10.7. The van der Waals surface area contributed by atoms with Gasteiger partial charge in [0.15, 0.2) is 0 Å². The number of hydrogen-bond donors (Lipinski definition) is 0. The van der Waals surface area contributed by atoms with Gasteiger partial charge < -0.3 is 0 Å². The zero-order chi connectivity index (χ0) is 13.1. The third kappa shape index (κ3) is 2.80. The van der Waals surface area contributed by atoms with Crippen LogP contribution in [0.5, 0.6) is 0 Å². The lowest BCUT2D eigenvalue weighted by molar-refractivity contribution is 0.628. The Hall–Kier alpha value is -2.03. The second-order valence-electron chi connectivity index (χ2n) is 4.25. The van der Waals surface area contributed by atoms with E-state index in [1.54, 1.807) is 12.1 Å². The first-order valence-electron chi connectivity index (χ1n) is 5.82. The number of benzene rings is 1. The Labute approximate surface area is 106 Å². The minimum absolute atomic E-state index is 0.227. The van der Waals surface area contributed by atoms with Crippen LogP contribution < -0.4 is 0 Å². The standard InChI is InChI=1S/C15H15FN2/c1-10-11(2)18-15(12(3)17-10)9-6-13-4-7-14(16)8-5-13/h4-9H,1-3H3/b9-6+. The van der Waals surface area contributed by atoms with Crippen LogP contribution in [0.15, 0.2) is 24.3 Å². The van der Waals surface area contributed by atoms with Gasteiger partial charge in [0.2, 0.25) is 0 Å². The Morgan fingerprint density at radius 1 is 0.833 bits per heavy atom. The quantitative estimate of drug-likeness (QED) is 0.802. The van der Waals surface area contributed by atoms with E-state index in [1.165, 1.54) is 12.1 Å². The molecule has 0 saturated carbocycles. The Bertz CT molecular complexity index is 586. The van der Waals surface area contributed by atoms with Gasteiger partial charge in [0.1, 0.15) is 5.82 Å². The molecule has 2 nitrogen and oxygen atoms in total. The molecule has 0 aliphatic rings. The number of rotatable bonds is 2. The number of halogens is 1. The summed E-state index contributed by atoms with van der Waals surface area (Å²) in [6, 6.07) is 6.35. The molecule has 2 rings (SSSR count). The molecule has 0 atom stereocenters. The molecule has 1 heterocycles. The zero-order valence-corrected chi connectivity index (χ0v) is 10.7. The second kappa shape index (κ2) is 5.08. The van der Waals surface area contributed by atoms with Crippen molar-refractivity contribution in [3.05, 3.63) is 58.4 Å². The minimum atomic E-state index is -0.227. The van der Waals surface area contributed by atoms with Gasteiger partial charge in [-0.2, -0.15) is 0 Å². The van der Waals surface area contributed by atoms with Crippen molar-refractivity contribution in [3.63, 3.8) is 0 Å². The fraction of sp³-hybridized carbons (Fsp3) is 0.200. The maximum absolute atomic E-state index is 12.8. The molecule has 0 radical (unpaired) electrons. The Balaban J connectivity index is 2.28. The van der Waals surface area contributed by atoms with Gasteiger partial charge in [-0.15, -0.1) is 0 Å². The molecule has 2 aromatic rings. The highest BCUT2D eigenvalue weighted by atomic mass is 19.1. The molecule has 18 heavy (non-hydrogen) atoms. The first kappa shape index (κ1) is 12.4. The molecule has 0 fully saturated rings. The second-order valence-corrected chi connectivity index (χ2v) is 4.25. The van der Waals surface area contributed by atoms with Gasteiger partial charge in [-0.05, 0) is 44.5 Å². The van der Waals surface area contributed by atoms with Crippen molar-refractivity contribution in [1.82, 2.24) is 9.97 Å². The highest BCUT2D eigenvalue weighted by molar-refractivity contribution is 5.68. The number of hydrogen-bond acceptors (Lipinski definition) is 2. The summed E-state index contributed by atoms with van der Waals surface area (Å²) >= 11 is 0. The normalized spacial score (nSPS) is 11.1. The van der Waals surface area contributed by atoms with E-state index in [9.17, 15) is 4.39 Å². The van der Waals surface area contributed by atoms with Crippen LogP contribution in [0.1, 0.15) is 28.3 Å². The predicted molar refractivity (Wildman–Crippen MR) is 71.6 cm³/mol. The molecule has 0 spiro atoms. The topological polar surface area (TPSA) is 25.8 Å². The van der Waals surface area contributed by atoms with Crippen molar-refractivity contribution in [1.29, 1.82) is 0 Å².